The maximum atomic E-state index is 12.0. The van der Waals surface area contributed by atoms with Gasteiger partial charge in [-0.25, -0.2) is 4.98 Å². The summed E-state index contributed by atoms with van der Waals surface area (Å²) in [6, 6.07) is 8.69. The Hall–Kier alpha value is -1.68. The average Bonchev–Trinajstić information content (AvgIpc) is 3.10. The smallest absolute Gasteiger partial charge is 0.226 e. The van der Waals surface area contributed by atoms with Crippen LogP contribution in [0.3, 0.4) is 0 Å². The molecular formula is C17H20N2OS. The first-order valence-corrected chi connectivity index (χ1v) is 8.39. The van der Waals surface area contributed by atoms with Crippen LogP contribution in [0.1, 0.15) is 36.9 Å². The van der Waals surface area contributed by atoms with Gasteiger partial charge in [0.2, 0.25) is 5.91 Å². The van der Waals surface area contributed by atoms with Crippen molar-refractivity contribution in [3.8, 4) is 10.6 Å². The van der Waals surface area contributed by atoms with Crippen LogP contribution in [0.25, 0.3) is 10.6 Å². The van der Waals surface area contributed by atoms with Crippen LogP contribution in [-0.4, -0.2) is 16.9 Å². The van der Waals surface area contributed by atoms with E-state index in [9.17, 15) is 4.79 Å². The molecule has 1 saturated carbocycles. The highest BCUT2D eigenvalue weighted by molar-refractivity contribution is 7.13. The number of hydrogen-bond donors (Lipinski definition) is 1. The number of carbonyl (C=O) groups is 1. The predicted molar refractivity (Wildman–Crippen MR) is 86.4 cm³/mol. The van der Waals surface area contributed by atoms with Crippen LogP contribution in [0.4, 0.5) is 0 Å². The third kappa shape index (κ3) is 3.70. The van der Waals surface area contributed by atoms with Crippen LogP contribution in [0.5, 0.6) is 0 Å². The monoisotopic (exact) mass is 300 g/mol. The van der Waals surface area contributed by atoms with Crippen molar-refractivity contribution in [1.82, 2.24) is 10.3 Å². The van der Waals surface area contributed by atoms with Crippen molar-refractivity contribution in [3.05, 3.63) is 40.9 Å². The molecule has 3 nitrogen and oxygen atoms in total. The Balaban J connectivity index is 1.63. The zero-order valence-corrected chi connectivity index (χ0v) is 13.1. The lowest BCUT2D eigenvalue weighted by atomic mass is 10.1. The van der Waals surface area contributed by atoms with Crippen LogP contribution < -0.4 is 5.32 Å². The van der Waals surface area contributed by atoms with Crippen LogP contribution in [-0.2, 0) is 11.2 Å². The highest BCUT2D eigenvalue weighted by Crippen LogP contribution is 2.24. The molecule has 21 heavy (non-hydrogen) atoms. The molecule has 0 radical (unpaired) electrons. The van der Waals surface area contributed by atoms with Gasteiger partial charge in [0.25, 0.3) is 0 Å². The summed E-state index contributed by atoms with van der Waals surface area (Å²) in [6.45, 7) is 2.08. The minimum Gasteiger partial charge on any atom is -0.353 e. The van der Waals surface area contributed by atoms with Gasteiger partial charge < -0.3 is 5.32 Å². The molecule has 1 aromatic heterocycles. The molecule has 0 unspecified atom stereocenters. The number of nitrogens with zero attached hydrogens (tertiary/aromatic N) is 1. The predicted octanol–water partition coefficient (Wildman–Crippen LogP) is 3.72. The fourth-order valence-corrected chi connectivity index (χ4v) is 3.63. The summed E-state index contributed by atoms with van der Waals surface area (Å²) < 4.78 is 0. The molecule has 1 aliphatic rings. The lowest BCUT2D eigenvalue weighted by Crippen LogP contribution is -2.33. The summed E-state index contributed by atoms with van der Waals surface area (Å²) in [4.78, 5) is 16.6. The van der Waals surface area contributed by atoms with Crippen molar-refractivity contribution in [1.29, 1.82) is 0 Å². The number of amides is 1. The SMILES string of the molecule is Cc1cccc(-c2nc(CC(=O)NC3CCCC3)cs2)c1. The molecule has 0 atom stereocenters. The van der Waals surface area contributed by atoms with Crippen molar-refractivity contribution in [3.63, 3.8) is 0 Å². The van der Waals surface area contributed by atoms with E-state index in [1.165, 1.54) is 18.4 Å². The van der Waals surface area contributed by atoms with Crippen molar-refractivity contribution in [2.24, 2.45) is 0 Å². The fraction of sp³-hybridized carbons (Fsp3) is 0.412. The minimum absolute atomic E-state index is 0.1000. The molecule has 0 spiro atoms. The van der Waals surface area contributed by atoms with E-state index >= 15 is 0 Å². The highest BCUT2D eigenvalue weighted by Gasteiger charge is 2.17. The Morgan fingerprint density at radius 3 is 2.95 bits per heavy atom. The third-order valence-corrected chi connectivity index (χ3v) is 4.82. The number of hydrogen-bond acceptors (Lipinski definition) is 3. The third-order valence-electron chi connectivity index (χ3n) is 3.88. The molecule has 0 bridgehead atoms. The van der Waals surface area contributed by atoms with E-state index in [1.807, 2.05) is 11.4 Å². The molecule has 1 amide bonds. The number of benzene rings is 1. The van der Waals surface area contributed by atoms with E-state index in [-0.39, 0.29) is 5.91 Å². The van der Waals surface area contributed by atoms with Gasteiger partial charge in [0.1, 0.15) is 5.01 Å². The number of nitrogens with one attached hydrogen (secondary N) is 1. The second kappa shape index (κ2) is 6.39. The number of aromatic nitrogens is 1. The van der Waals surface area contributed by atoms with E-state index in [1.54, 1.807) is 11.3 Å². The summed E-state index contributed by atoms with van der Waals surface area (Å²) in [5.41, 5.74) is 3.22. The average molecular weight is 300 g/mol. The first-order valence-electron chi connectivity index (χ1n) is 7.51. The number of rotatable bonds is 4. The molecule has 110 valence electrons. The van der Waals surface area contributed by atoms with Gasteiger partial charge in [-0.2, -0.15) is 0 Å². The highest BCUT2D eigenvalue weighted by atomic mass is 32.1. The summed E-state index contributed by atoms with van der Waals surface area (Å²) in [6.07, 6.45) is 5.10. The number of carbonyl (C=O) groups excluding carboxylic acids is 1. The Morgan fingerprint density at radius 1 is 1.38 bits per heavy atom. The second-order valence-corrected chi connectivity index (χ2v) is 6.60. The van der Waals surface area contributed by atoms with Crippen LogP contribution in [0, 0.1) is 6.92 Å². The zero-order chi connectivity index (χ0) is 14.7. The normalized spacial score (nSPS) is 15.3. The van der Waals surface area contributed by atoms with Gasteiger partial charge in [0.05, 0.1) is 12.1 Å². The quantitative estimate of drug-likeness (QED) is 0.935. The number of thiazole rings is 1. The Morgan fingerprint density at radius 2 is 2.19 bits per heavy atom. The summed E-state index contributed by atoms with van der Waals surface area (Å²) in [5.74, 6) is 0.1000. The lowest BCUT2D eigenvalue weighted by molar-refractivity contribution is -0.121. The minimum atomic E-state index is 0.1000. The van der Waals surface area contributed by atoms with Crippen molar-refractivity contribution in [2.75, 3.05) is 0 Å². The molecule has 1 fully saturated rings. The first-order chi connectivity index (χ1) is 10.2. The van der Waals surface area contributed by atoms with Crippen LogP contribution in [0.15, 0.2) is 29.6 Å². The van der Waals surface area contributed by atoms with E-state index in [2.05, 4.69) is 35.4 Å². The maximum Gasteiger partial charge on any atom is 0.226 e. The van der Waals surface area contributed by atoms with Crippen molar-refractivity contribution < 1.29 is 4.79 Å². The Bertz CT molecular complexity index is 629. The first kappa shape index (κ1) is 14.3. The molecule has 4 heteroatoms. The standard InChI is InChI=1S/C17H20N2OS/c1-12-5-4-6-13(9-12)17-19-15(11-21-17)10-16(20)18-14-7-2-3-8-14/h4-6,9,11,14H,2-3,7-8,10H2,1H3,(H,18,20). The van der Waals surface area contributed by atoms with Gasteiger partial charge >= 0.3 is 0 Å². The van der Waals surface area contributed by atoms with E-state index < -0.39 is 0 Å². The topological polar surface area (TPSA) is 42.0 Å². The van der Waals surface area contributed by atoms with Gasteiger partial charge in [0, 0.05) is 17.0 Å². The molecule has 1 aromatic carbocycles. The molecule has 0 saturated heterocycles. The molecule has 0 aliphatic heterocycles. The zero-order valence-electron chi connectivity index (χ0n) is 12.3. The van der Waals surface area contributed by atoms with Gasteiger partial charge in [-0.15, -0.1) is 11.3 Å². The molecule has 3 rings (SSSR count). The summed E-state index contributed by atoms with van der Waals surface area (Å²) in [5, 5.41) is 6.09. The molecule has 1 heterocycles. The second-order valence-electron chi connectivity index (χ2n) is 5.74. The molecular weight excluding hydrogens is 280 g/mol. The largest absolute Gasteiger partial charge is 0.353 e. The molecule has 1 aliphatic carbocycles. The van der Waals surface area contributed by atoms with Crippen LogP contribution in [0.2, 0.25) is 0 Å². The van der Waals surface area contributed by atoms with E-state index in [0.29, 0.717) is 12.5 Å². The van der Waals surface area contributed by atoms with Gasteiger partial charge in [-0.3, -0.25) is 4.79 Å². The van der Waals surface area contributed by atoms with E-state index in [0.717, 1.165) is 29.1 Å². The van der Waals surface area contributed by atoms with Gasteiger partial charge in [-0.1, -0.05) is 36.6 Å². The summed E-state index contributed by atoms with van der Waals surface area (Å²) in [7, 11) is 0. The Labute approximate surface area is 129 Å². The van der Waals surface area contributed by atoms with Crippen molar-refractivity contribution >= 4 is 17.2 Å². The Kier molecular flexibility index (Phi) is 4.34. The lowest BCUT2D eigenvalue weighted by Gasteiger charge is -2.10. The van der Waals surface area contributed by atoms with Gasteiger partial charge in [-0.05, 0) is 25.8 Å². The number of aryl methyl sites for hydroxylation is 1. The van der Waals surface area contributed by atoms with Gasteiger partial charge in [0.15, 0.2) is 0 Å². The molecule has 2 aromatic rings. The van der Waals surface area contributed by atoms with E-state index in [4.69, 9.17) is 0 Å². The fourth-order valence-electron chi connectivity index (χ4n) is 2.81. The summed E-state index contributed by atoms with van der Waals surface area (Å²) >= 11 is 1.60. The molecule has 1 N–H and O–H groups in total. The van der Waals surface area contributed by atoms with Crippen molar-refractivity contribution in [2.45, 2.75) is 45.1 Å². The maximum absolute atomic E-state index is 12.0. The van der Waals surface area contributed by atoms with Crippen LogP contribution >= 0.6 is 11.3 Å².